The molecule has 1 amide bonds. The van der Waals surface area contributed by atoms with Crippen molar-refractivity contribution in [3.8, 4) is 0 Å². The van der Waals surface area contributed by atoms with Crippen molar-refractivity contribution in [2.24, 2.45) is 15.7 Å². The minimum Gasteiger partial charge on any atom is -0.365 e. The first-order valence-electron chi connectivity index (χ1n) is 6.90. The van der Waals surface area contributed by atoms with Gasteiger partial charge in [-0.2, -0.15) is 0 Å². The van der Waals surface area contributed by atoms with Crippen molar-refractivity contribution in [3.63, 3.8) is 0 Å². The maximum Gasteiger partial charge on any atom is 0.275 e. The third kappa shape index (κ3) is 2.97. The molecule has 1 saturated carbocycles. The third-order valence-electron chi connectivity index (χ3n) is 3.73. The van der Waals surface area contributed by atoms with E-state index in [0.29, 0.717) is 5.56 Å². The molecule has 1 aliphatic carbocycles. The number of hydrogen-bond acceptors (Lipinski definition) is 5. The number of rotatable bonds is 3. The molecule has 21 heavy (non-hydrogen) atoms. The summed E-state index contributed by atoms with van der Waals surface area (Å²) >= 11 is 0. The molecule has 7 heteroatoms. The topological polar surface area (TPSA) is 92.7 Å². The number of aliphatic imine (C=N–C) groups is 2. The Morgan fingerprint density at radius 3 is 2.86 bits per heavy atom. The molecule has 2 heterocycles. The molecule has 1 aliphatic heterocycles. The summed E-state index contributed by atoms with van der Waals surface area (Å²) in [6.45, 7) is 0. The Kier molecular flexibility index (Phi) is 3.74. The molecule has 0 spiro atoms. The van der Waals surface area contributed by atoms with E-state index in [2.05, 4.69) is 20.3 Å². The monoisotopic (exact) mass is 289 g/mol. The quantitative estimate of drug-likeness (QED) is 0.875. The van der Waals surface area contributed by atoms with Gasteiger partial charge in [0, 0.05) is 36.3 Å². The van der Waals surface area contributed by atoms with Crippen molar-refractivity contribution >= 4 is 24.2 Å². The minimum atomic E-state index is -0.800. The summed E-state index contributed by atoms with van der Waals surface area (Å²) in [5.74, 6) is -0.722. The number of carbonyl (C=O) groups excluding carboxylic acids is 1. The Labute approximate surface area is 121 Å². The first-order valence-corrected chi connectivity index (χ1v) is 6.90. The van der Waals surface area contributed by atoms with Gasteiger partial charge in [0.25, 0.3) is 5.91 Å². The Balaban J connectivity index is 1.75. The third-order valence-corrected chi connectivity index (χ3v) is 3.73. The molecule has 1 fully saturated rings. The molecule has 0 saturated heterocycles. The van der Waals surface area contributed by atoms with Crippen LogP contribution in [0.25, 0.3) is 0 Å². The van der Waals surface area contributed by atoms with E-state index in [0.717, 1.165) is 19.3 Å². The Bertz CT molecular complexity index is 615. The first-order chi connectivity index (χ1) is 10.1. The lowest BCUT2D eigenvalue weighted by atomic mass is 10.1. The van der Waals surface area contributed by atoms with E-state index in [9.17, 15) is 9.18 Å². The summed E-state index contributed by atoms with van der Waals surface area (Å²) < 4.78 is 14.1. The lowest BCUT2D eigenvalue weighted by Crippen LogP contribution is -2.22. The van der Waals surface area contributed by atoms with Crippen LogP contribution in [0.4, 0.5) is 10.2 Å². The van der Waals surface area contributed by atoms with E-state index in [1.54, 1.807) is 0 Å². The van der Waals surface area contributed by atoms with Crippen LogP contribution in [0.3, 0.4) is 0 Å². The SMILES string of the molecule is N[C@H]1CC[C@H](Nc2ncc(C3N=CC=NC3=O)cc2F)C1. The van der Waals surface area contributed by atoms with E-state index in [1.807, 2.05) is 0 Å². The largest absolute Gasteiger partial charge is 0.365 e. The highest BCUT2D eigenvalue weighted by atomic mass is 19.1. The molecule has 2 aliphatic rings. The lowest BCUT2D eigenvalue weighted by molar-refractivity contribution is -0.119. The van der Waals surface area contributed by atoms with Crippen LogP contribution in [0.5, 0.6) is 0 Å². The summed E-state index contributed by atoms with van der Waals surface area (Å²) in [5, 5.41) is 3.06. The van der Waals surface area contributed by atoms with Crippen LogP contribution < -0.4 is 11.1 Å². The van der Waals surface area contributed by atoms with E-state index < -0.39 is 17.8 Å². The average Bonchev–Trinajstić information content (AvgIpc) is 2.87. The van der Waals surface area contributed by atoms with Gasteiger partial charge in [0.1, 0.15) is 0 Å². The van der Waals surface area contributed by atoms with E-state index in [1.165, 1.54) is 24.7 Å². The van der Waals surface area contributed by atoms with Gasteiger partial charge in [-0.1, -0.05) is 0 Å². The average molecular weight is 289 g/mol. The van der Waals surface area contributed by atoms with Crippen LogP contribution in [-0.2, 0) is 4.79 Å². The molecular formula is C14H16FN5O. The number of carbonyl (C=O) groups is 1. The van der Waals surface area contributed by atoms with Crippen molar-refractivity contribution < 1.29 is 9.18 Å². The molecule has 0 radical (unpaired) electrons. The van der Waals surface area contributed by atoms with Crippen molar-refractivity contribution in [1.82, 2.24) is 4.98 Å². The highest BCUT2D eigenvalue weighted by Crippen LogP contribution is 2.25. The Hall–Kier alpha value is -2.15. The van der Waals surface area contributed by atoms with Crippen LogP contribution in [-0.4, -0.2) is 35.4 Å². The summed E-state index contributed by atoms with van der Waals surface area (Å²) in [7, 11) is 0. The summed E-state index contributed by atoms with van der Waals surface area (Å²) in [5.41, 5.74) is 6.23. The molecule has 0 bridgehead atoms. The van der Waals surface area contributed by atoms with Gasteiger partial charge in [0.2, 0.25) is 0 Å². The molecule has 1 aromatic heterocycles. The van der Waals surface area contributed by atoms with Crippen molar-refractivity contribution in [2.45, 2.75) is 37.4 Å². The van der Waals surface area contributed by atoms with Gasteiger partial charge in [-0.05, 0) is 25.3 Å². The fraction of sp³-hybridized carbons (Fsp3) is 0.429. The highest BCUT2D eigenvalue weighted by molar-refractivity contribution is 6.21. The molecule has 3 rings (SSSR count). The van der Waals surface area contributed by atoms with E-state index in [-0.39, 0.29) is 17.9 Å². The van der Waals surface area contributed by atoms with Gasteiger partial charge in [-0.15, -0.1) is 0 Å². The van der Waals surface area contributed by atoms with Gasteiger partial charge in [0.05, 0.1) is 0 Å². The zero-order valence-corrected chi connectivity index (χ0v) is 11.4. The van der Waals surface area contributed by atoms with Crippen molar-refractivity contribution in [2.75, 3.05) is 5.32 Å². The first kappa shape index (κ1) is 13.8. The summed E-state index contributed by atoms with van der Waals surface area (Å²) in [6.07, 6.45) is 6.85. The Morgan fingerprint density at radius 2 is 2.19 bits per heavy atom. The fourth-order valence-corrected chi connectivity index (χ4v) is 2.64. The number of pyridine rings is 1. The van der Waals surface area contributed by atoms with Crippen LogP contribution >= 0.6 is 0 Å². The lowest BCUT2D eigenvalue weighted by Gasteiger charge is -2.15. The number of aromatic nitrogens is 1. The smallest absolute Gasteiger partial charge is 0.275 e. The van der Waals surface area contributed by atoms with Crippen LogP contribution in [0.15, 0.2) is 22.2 Å². The molecule has 1 aromatic rings. The predicted molar refractivity (Wildman–Crippen MR) is 78.2 cm³/mol. The van der Waals surface area contributed by atoms with Crippen molar-refractivity contribution in [1.29, 1.82) is 0 Å². The van der Waals surface area contributed by atoms with Crippen LogP contribution in [0, 0.1) is 5.82 Å². The fourth-order valence-electron chi connectivity index (χ4n) is 2.64. The van der Waals surface area contributed by atoms with Gasteiger partial charge in [0.15, 0.2) is 17.7 Å². The van der Waals surface area contributed by atoms with Crippen LogP contribution in [0.1, 0.15) is 30.9 Å². The second-order valence-corrected chi connectivity index (χ2v) is 5.33. The summed E-state index contributed by atoms with van der Waals surface area (Å²) in [6, 6.07) is 0.792. The maximum absolute atomic E-state index is 14.1. The molecule has 110 valence electrons. The van der Waals surface area contributed by atoms with Gasteiger partial charge >= 0.3 is 0 Å². The number of amides is 1. The van der Waals surface area contributed by atoms with E-state index in [4.69, 9.17) is 5.73 Å². The van der Waals surface area contributed by atoms with E-state index >= 15 is 0 Å². The number of nitrogens with one attached hydrogen (secondary N) is 1. The van der Waals surface area contributed by atoms with Crippen LogP contribution in [0.2, 0.25) is 0 Å². The second-order valence-electron chi connectivity index (χ2n) is 5.33. The predicted octanol–water partition coefficient (Wildman–Crippen LogP) is 1.24. The highest BCUT2D eigenvalue weighted by Gasteiger charge is 2.25. The normalized spacial score (nSPS) is 28.1. The summed E-state index contributed by atoms with van der Waals surface area (Å²) in [4.78, 5) is 23.3. The van der Waals surface area contributed by atoms with Gasteiger partial charge in [-0.25, -0.2) is 14.4 Å². The number of halogens is 1. The Morgan fingerprint density at radius 1 is 1.33 bits per heavy atom. The molecular weight excluding hydrogens is 273 g/mol. The number of nitrogens with zero attached hydrogens (tertiary/aromatic N) is 3. The minimum absolute atomic E-state index is 0.145. The molecule has 6 nitrogen and oxygen atoms in total. The number of nitrogens with two attached hydrogens (primary N) is 1. The molecule has 0 aromatic carbocycles. The second kappa shape index (κ2) is 5.69. The number of anilines is 1. The number of hydrogen-bond donors (Lipinski definition) is 2. The molecule has 3 atom stereocenters. The van der Waals surface area contributed by atoms with Gasteiger partial charge in [-0.3, -0.25) is 9.79 Å². The molecule has 3 N–H and O–H groups in total. The zero-order valence-electron chi connectivity index (χ0n) is 11.4. The molecule has 1 unspecified atom stereocenters. The standard InChI is InChI=1S/C14H16FN5O/c15-11-5-8(12-14(21)18-4-3-17-12)7-19-13(11)20-10-2-1-9(16)6-10/h3-5,7,9-10,12H,1-2,6,16H2,(H,19,20)/t9-,10-,12?/m0/s1. The zero-order chi connectivity index (χ0) is 14.8. The maximum atomic E-state index is 14.1. The van der Waals surface area contributed by atoms with Crippen molar-refractivity contribution in [3.05, 3.63) is 23.6 Å². The van der Waals surface area contributed by atoms with Gasteiger partial charge < -0.3 is 11.1 Å².